The molecule has 2 heterocycles. The highest BCUT2D eigenvalue weighted by Gasteiger charge is 2.33. The Hall–Kier alpha value is -4.03. The average Bonchev–Trinajstić information content (AvgIpc) is 2.76. The van der Waals surface area contributed by atoms with Gasteiger partial charge in [0.15, 0.2) is 0 Å². The lowest BCUT2D eigenvalue weighted by Gasteiger charge is -2.17. The molecule has 3 aromatic rings. The smallest absolute Gasteiger partial charge is 0.481 e. The Morgan fingerprint density at radius 3 is 2.22 bits per heavy atom. The Morgan fingerprint density at radius 2 is 1.64 bits per heavy atom. The van der Waals surface area contributed by atoms with Gasteiger partial charge in [0.25, 0.3) is 5.91 Å². The SMILES string of the molecule is COc1nc(C)c(NC(=O)c2cc(C(F)(F)F)cnc2Nc2ccc(OC(F)(F)F)cc2C)cc1C. The Labute approximate surface area is 201 Å². The minimum Gasteiger partial charge on any atom is -0.481 e. The van der Waals surface area contributed by atoms with Gasteiger partial charge in [0.05, 0.1) is 29.6 Å². The third-order valence-corrected chi connectivity index (χ3v) is 4.94. The number of anilines is 3. The van der Waals surface area contributed by atoms with Crippen molar-refractivity contribution in [3.63, 3.8) is 0 Å². The number of pyridine rings is 2. The molecular formula is C23H20F6N4O3. The fraction of sp³-hybridized carbons (Fsp3) is 0.261. The monoisotopic (exact) mass is 514 g/mol. The molecule has 0 atom stereocenters. The molecule has 1 aromatic carbocycles. The first-order chi connectivity index (χ1) is 16.7. The molecule has 1 amide bonds. The second-order valence-electron chi connectivity index (χ2n) is 7.67. The van der Waals surface area contributed by atoms with Crippen molar-refractivity contribution in [1.82, 2.24) is 9.97 Å². The van der Waals surface area contributed by atoms with Crippen LogP contribution in [0.5, 0.6) is 11.6 Å². The second-order valence-corrected chi connectivity index (χ2v) is 7.67. The Kier molecular flexibility index (Phi) is 7.32. The number of halogens is 6. The largest absolute Gasteiger partial charge is 0.573 e. The fourth-order valence-electron chi connectivity index (χ4n) is 3.20. The molecule has 0 fully saturated rings. The number of nitrogens with zero attached hydrogens (tertiary/aromatic N) is 2. The maximum absolute atomic E-state index is 13.3. The highest BCUT2D eigenvalue weighted by molar-refractivity contribution is 6.08. The second kappa shape index (κ2) is 9.91. The Bertz CT molecular complexity index is 1290. The zero-order valence-corrected chi connectivity index (χ0v) is 19.4. The van der Waals surface area contributed by atoms with Gasteiger partial charge >= 0.3 is 12.5 Å². The van der Waals surface area contributed by atoms with E-state index in [9.17, 15) is 31.1 Å². The molecule has 7 nitrogen and oxygen atoms in total. The van der Waals surface area contributed by atoms with Gasteiger partial charge in [0, 0.05) is 17.4 Å². The summed E-state index contributed by atoms with van der Waals surface area (Å²) in [5.41, 5.74) is 0.0236. The van der Waals surface area contributed by atoms with Gasteiger partial charge < -0.3 is 20.1 Å². The minimum absolute atomic E-state index is 0.198. The molecule has 0 bridgehead atoms. The van der Waals surface area contributed by atoms with E-state index in [1.54, 1.807) is 19.9 Å². The zero-order chi connectivity index (χ0) is 26.8. The minimum atomic E-state index is -4.89. The van der Waals surface area contributed by atoms with E-state index < -0.39 is 35.3 Å². The molecule has 2 aromatic heterocycles. The number of nitrogens with one attached hydrogen (secondary N) is 2. The zero-order valence-electron chi connectivity index (χ0n) is 19.4. The molecule has 192 valence electrons. The van der Waals surface area contributed by atoms with E-state index in [1.165, 1.54) is 20.1 Å². The number of methoxy groups -OCH3 is 1. The first-order valence-electron chi connectivity index (χ1n) is 10.2. The maximum atomic E-state index is 13.3. The third kappa shape index (κ3) is 6.34. The van der Waals surface area contributed by atoms with Crippen LogP contribution < -0.4 is 20.1 Å². The summed E-state index contributed by atoms with van der Waals surface area (Å²) in [6, 6.07) is 5.49. The van der Waals surface area contributed by atoms with Crippen LogP contribution in [-0.2, 0) is 6.18 Å². The van der Waals surface area contributed by atoms with Crippen molar-refractivity contribution in [1.29, 1.82) is 0 Å². The topological polar surface area (TPSA) is 85.4 Å². The fourth-order valence-corrected chi connectivity index (χ4v) is 3.20. The van der Waals surface area contributed by atoms with Crippen molar-refractivity contribution in [2.24, 2.45) is 0 Å². The van der Waals surface area contributed by atoms with Gasteiger partial charge in [-0.05, 0) is 56.7 Å². The number of alkyl halides is 6. The number of aromatic nitrogens is 2. The average molecular weight is 514 g/mol. The molecule has 0 unspecified atom stereocenters. The Balaban J connectivity index is 1.98. The van der Waals surface area contributed by atoms with Crippen LogP contribution >= 0.6 is 0 Å². The van der Waals surface area contributed by atoms with Gasteiger partial charge in [-0.2, -0.15) is 13.2 Å². The lowest BCUT2D eigenvalue weighted by molar-refractivity contribution is -0.274. The number of aryl methyl sites for hydroxylation is 3. The molecule has 0 aliphatic carbocycles. The van der Waals surface area contributed by atoms with Crippen LogP contribution in [0.1, 0.15) is 32.7 Å². The molecule has 3 rings (SSSR count). The summed E-state index contributed by atoms with van der Waals surface area (Å²) < 4.78 is 86.4. The van der Waals surface area contributed by atoms with E-state index in [-0.39, 0.29) is 22.8 Å². The molecule has 13 heteroatoms. The van der Waals surface area contributed by atoms with E-state index >= 15 is 0 Å². The molecular weight excluding hydrogens is 494 g/mol. The summed E-state index contributed by atoms with van der Waals surface area (Å²) in [5.74, 6) is -1.33. The van der Waals surface area contributed by atoms with Crippen LogP contribution in [0, 0.1) is 20.8 Å². The molecule has 2 N–H and O–H groups in total. The van der Waals surface area contributed by atoms with Crippen LogP contribution in [0.4, 0.5) is 43.5 Å². The first kappa shape index (κ1) is 26.6. The van der Waals surface area contributed by atoms with Gasteiger partial charge in [-0.1, -0.05) is 0 Å². The molecule has 36 heavy (non-hydrogen) atoms. The van der Waals surface area contributed by atoms with Crippen LogP contribution in [0.15, 0.2) is 36.5 Å². The summed E-state index contributed by atoms with van der Waals surface area (Å²) in [5, 5.41) is 5.23. The van der Waals surface area contributed by atoms with Crippen molar-refractivity contribution >= 4 is 23.1 Å². The standard InChI is InChI=1S/C23H20F6N4O3/c1-11-7-15(36-23(27,28)29)5-6-17(11)32-19-16(9-14(10-30-19)22(24,25)26)20(34)33-18-8-12(2)21(35-4)31-13(18)3/h5-10H,1-4H3,(H,30,32)(H,33,34). The first-order valence-corrected chi connectivity index (χ1v) is 10.2. The van der Waals surface area contributed by atoms with E-state index in [2.05, 4.69) is 25.3 Å². The van der Waals surface area contributed by atoms with E-state index in [1.807, 2.05) is 0 Å². The van der Waals surface area contributed by atoms with Crippen molar-refractivity contribution in [2.45, 2.75) is 33.3 Å². The number of carbonyl (C=O) groups excluding carboxylic acids is 1. The van der Waals surface area contributed by atoms with Crippen molar-refractivity contribution in [3.8, 4) is 11.6 Å². The van der Waals surface area contributed by atoms with Crippen molar-refractivity contribution in [3.05, 3.63) is 64.5 Å². The molecule has 0 aliphatic rings. The summed E-state index contributed by atoms with van der Waals surface area (Å²) >= 11 is 0. The van der Waals surface area contributed by atoms with Crippen LogP contribution in [0.25, 0.3) is 0 Å². The lowest BCUT2D eigenvalue weighted by atomic mass is 10.1. The molecule has 0 aliphatic heterocycles. The van der Waals surface area contributed by atoms with E-state index in [0.717, 1.165) is 12.1 Å². The predicted octanol–water partition coefficient (Wildman–Crippen LogP) is 6.32. The highest BCUT2D eigenvalue weighted by Crippen LogP contribution is 2.33. The highest BCUT2D eigenvalue weighted by atomic mass is 19.4. The number of carbonyl (C=O) groups is 1. The summed E-state index contributed by atoms with van der Waals surface area (Å²) in [4.78, 5) is 21.0. The molecule has 0 spiro atoms. The molecule has 0 saturated heterocycles. The summed E-state index contributed by atoms with van der Waals surface area (Å²) in [7, 11) is 1.42. The Morgan fingerprint density at radius 1 is 0.944 bits per heavy atom. The number of hydrogen-bond donors (Lipinski definition) is 2. The number of ether oxygens (including phenoxy) is 2. The number of benzene rings is 1. The van der Waals surface area contributed by atoms with E-state index in [4.69, 9.17) is 4.74 Å². The molecule has 0 saturated carbocycles. The van der Waals surface area contributed by atoms with Crippen LogP contribution in [0.3, 0.4) is 0 Å². The molecule has 0 radical (unpaired) electrons. The van der Waals surface area contributed by atoms with E-state index in [0.29, 0.717) is 29.4 Å². The third-order valence-electron chi connectivity index (χ3n) is 4.94. The van der Waals surface area contributed by atoms with Gasteiger partial charge in [-0.25, -0.2) is 9.97 Å². The summed E-state index contributed by atoms with van der Waals surface area (Å²) in [6.07, 6.45) is -9.13. The van der Waals surface area contributed by atoms with Crippen LogP contribution in [-0.4, -0.2) is 29.3 Å². The van der Waals surface area contributed by atoms with Crippen molar-refractivity contribution in [2.75, 3.05) is 17.7 Å². The number of rotatable bonds is 6. The quantitative estimate of drug-likeness (QED) is 0.375. The van der Waals surface area contributed by atoms with Gasteiger partial charge in [-0.15, -0.1) is 13.2 Å². The number of hydrogen-bond acceptors (Lipinski definition) is 6. The normalized spacial score (nSPS) is 11.7. The maximum Gasteiger partial charge on any atom is 0.573 e. The van der Waals surface area contributed by atoms with Gasteiger partial charge in [0.2, 0.25) is 5.88 Å². The summed E-state index contributed by atoms with van der Waals surface area (Å²) in [6.45, 7) is 4.70. The number of amides is 1. The lowest BCUT2D eigenvalue weighted by Crippen LogP contribution is -2.18. The van der Waals surface area contributed by atoms with Gasteiger partial charge in [0.1, 0.15) is 11.6 Å². The van der Waals surface area contributed by atoms with Gasteiger partial charge in [-0.3, -0.25) is 4.79 Å². The van der Waals surface area contributed by atoms with Crippen LogP contribution in [0.2, 0.25) is 0 Å². The predicted molar refractivity (Wildman–Crippen MR) is 119 cm³/mol. The van der Waals surface area contributed by atoms with Crippen molar-refractivity contribution < 1.29 is 40.6 Å².